The summed E-state index contributed by atoms with van der Waals surface area (Å²) >= 11 is 0. The predicted molar refractivity (Wildman–Crippen MR) is 76.6 cm³/mol. The first-order valence-electron chi connectivity index (χ1n) is 6.51. The third kappa shape index (κ3) is 2.87. The number of aryl methyl sites for hydroxylation is 2. The first kappa shape index (κ1) is 13.0. The molecule has 1 heterocycles. The average molecular weight is 245 g/mol. The Morgan fingerprint density at radius 3 is 2.50 bits per heavy atom. The molecule has 1 aromatic rings. The molecule has 2 heteroatoms. The van der Waals surface area contributed by atoms with Crippen molar-refractivity contribution >= 4 is 5.69 Å². The summed E-state index contributed by atoms with van der Waals surface area (Å²) < 4.78 is 5.80. The fraction of sp³-hybridized carbons (Fsp3) is 0.500. The van der Waals surface area contributed by atoms with Crippen LogP contribution in [0.5, 0.6) is 0 Å². The molecule has 1 aromatic carbocycles. The van der Waals surface area contributed by atoms with Gasteiger partial charge in [-0.25, -0.2) is 0 Å². The molecule has 0 bridgehead atoms. The highest BCUT2D eigenvalue weighted by Crippen LogP contribution is 2.37. The maximum absolute atomic E-state index is 5.80. The molecule has 2 nitrogen and oxygen atoms in total. The summed E-state index contributed by atoms with van der Waals surface area (Å²) in [6.45, 7) is 10.8. The lowest BCUT2D eigenvalue weighted by Crippen LogP contribution is -2.42. The Morgan fingerprint density at radius 1 is 1.17 bits per heavy atom. The number of hydrogen-bond acceptors (Lipinski definition) is 2. The van der Waals surface area contributed by atoms with Gasteiger partial charge in [-0.05, 0) is 43.9 Å². The summed E-state index contributed by atoms with van der Waals surface area (Å²) in [7, 11) is 0. The molecule has 0 spiro atoms. The van der Waals surface area contributed by atoms with Crippen molar-refractivity contribution < 1.29 is 4.74 Å². The maximum atomic E-state index is 5.80. The van der Waals surface area contributed by atoms with Crippen molar-refractivity contribution in [3.63, 3.8) is 0 Å². The first-order chi connectivity index (χ1) is 8.30. The molecule has 2 rings (SSSR count). The topological polar surface area (TPSA) is 21.3 Å². The number of rotatable bonds is 2. The minimum absolute atomic E-state index is 0.165. The number of anilines is 1. The smallest absolute Gasteiger partial charge is 0.177 e. The van der Waals surface area contributed by atoms with Crippen LogP contribution in [0.3, 0.4) is 0 Å². The van der Waals surface area contributed by atoms with Crippen LogP contribution in [0.1, 0.15) is 38.3 Å². The third-order valence-electron chi connectivity index (χ3n) is 3.42. The van der Waals surface area contributed by atoms with E-state index in [1.807, 2.05) is 6.26 Å². The summed E-state index contributed by atoms with van der Waals surface area (Å²) in [4.78, 5) is 0. The van der Waals surface area contributed by atoms with Gasteiger partial charge in [0.1, 0.15) is 0 Å². The lowest BCUT2D eigenvalue weighted by atomic mass is 9.83. The van der Waals surface area contributed by atoms with E-state index in [0.717, 1.165) is 12.1 Å². The van der Waals surface area contributed by atoms with E-state index in [4.69, 9.17) is 4.74 Å². The second-order valence-electron chi connectivity index (χ2n) is 6.26. The number of benzene rings is 1. The summed E-state index contributed by atoms with van der Waals surface area (Å²) in [6.07, 6.45) is 4.89. The second-order valence-corrected chi connectivity index (χ2v) is 6.26. The maximum Gasteiger partial charge on any atom is 0.177 e. The number of ether oxygens (including phenoxy) is 1. The Bertz CT molecular complexity index is 476. The summed E-state index contributed by atoms with van der Waals surface area (Å²) in [5, 5.41) is 3.53. The zero-order valence-corrected chi connectivity index (χ0v) is 12.0. The Morgan fingerprint density at radius 2 is 1.89 bits per heavy atom. The van der Waals surface area contributed by atoms with Gasteiger partial charge in [-0.15, -0.1) is 0 Å². The molecule has 18 heavy (non-hydrogen) atoms. The van der Waals surface area contributed by atoms with Gasteiger partial charge >= 0.3 is 0 Å². The lowest BCUT2D eigenvalue weighted by molar-refractivity contribution is 0.0150. The highest BCUT2D eigenvalue weighted by Gasteiger charge is 2.35. The number of hydrogen-bond donors (Lipinski definition) is 1. The van der Waals surface area contributed by atoms with E-state index in [9.17, 15) is 0 Å². The predicted octanol–water partition coefficient (Wildman–Crippen LogP) is 4.39. The van der Waals surface area contributed by atoms with Gasteiger partial charge in [-0.1, -0.05) is 31.5 Å². The molecule has 0 aromatic heterocycles. The SMILES string of the molecule is Cc1ccc(NC2(C)CC(C)(C)C=CO2)c(C)c1. The quantitative estimate of drug-likeness (QED) is 0.834. The summed E-state index contributed by atoms with van der Waals surface area (Å²) in [6, 6.07) is 6.45. The van der Waals surface area contributed by atoms with Crippen LogP contribution in [0.4, 0.5) is 5.69 Å². The van der Waals surface area contributed by atoms with Crippen LogP contribution in [0.15, 0.2) is 30.5 Å². The van der Waals surface area contributed by atoms with Gasteiger partial charge in [0.05, 0.1) is 6.26 Å². The summed E-state index contributed by atoms with van der Waals surface area (Å²) in [5.74, 6) is 0. The highest BCUT2D eigenvalue weighted by molar-refractivity contribution is 5.53. The standard InChI is InChI=1S/C16H23NO/c1-12-6-7-14(13(2)10-12)17-16(5)11-15(3,4)8-9-18-16/h6-10,17H,11H2,1-5H3. The van der Waals surface area contributed by atoms with Gasteiger partial charge in [0.15, 0.2) is 5.72 Å². The van der Waals surface area contributed by atoms with Gasteiger partial charge in [0.2, 0.25) is 0 Å². The van der Waals surface area contributed by atoms with Crippen LogP contribution in [0.25, 0.3) is 0 Å². The van der Waals surface area contributed by atoms with E-state index in [1.54, 1.807) is 0 Å². The van der Waals surface area contributed by atoms with Gasteiger partial charge in [-0.2, -0.15) is 0 Å². The van der Waals surface area contributed by atoms with Crippen LogP contribution in [-0.4, -0.2) is 5.72 Å². The molecule has 0 saturated carbocycles. The van der Waals surface area contributed by atoms with E-state index < -0.39 is 0 Å². The van der Waals surface area contributed by atoms with Crippen molar-refractivity contribution in [1.29, 1.82) is 0 Å². The molecule has 1 N–H and O–H groups in total. The molecule has 1 unspecified atom stereocenters. The second kappa shape index (κ2) is 4.34. The highest BCUT2D eigenvalue weighted by atomic mass is 16.5. The van der Waals surface area contributed by atoms with Gasteiger partial charge in [0, 0.05) is 12.1 Å². The fourth-order valence-electron chi connectivity index (χ4n) is 2.65. The van der Waals surface area contributed by atoms with Crippen molar-refractivity contribution in [2.75, 3.05) is 5.32 Å². The van der Waals surface area contributed by atoms with Crippen molar-refractivity contribution in [1.82, 2.24) is 0 Å². The Balaban J connectivity index is 2.20. The molecule has 0 saturated heterocycles. The number of allylic oxidation sites excluding steroid dienone is 1. The van der Waals surface area contributed by atoms with Crippen LogP contribution >= 0.6 is 0 Å². The molecule has 0 radical (unpaired) electrons. The Kier molecular flexibility index (Phi) is 3.14. The van der Waals surface area contributed by atoms with Crippen molar-refractivity contribution in [3.8, 4) is 0 Å². The first-order valence-corrected chi connectivity index (χ1v) is 6.51. The van der Waals surface area contributed by atoms with Crippen molar-refractivity contribution in [2.45, 2.75) is 46.8 Å². The lowest BCUT2D eigenvalue weighted by Gasteiger charge is -2.40. The zero-order valence-electron chi connectivity index (χ0n) is 12.0. The van der Waals surface area contributed by atoms with Gasteiger partial charge < -0.3 is 10.1 Å². The minimum Gasteiger partial charge on any atom is -0.476 e. The monoisotopic (exact) mass is 245 g/mol. The van der Waals surface area contributed by atoms with Crippen LogP contribution in [-0.2, 0) is 4.74 Å². The number of nitrogens with one attached hydrogen (secondary N) is 1. The molecule has 1 aliphatic rings. The normalized spacial score (nSPS) is 25.6. The largest absolute Gasteiger partial charge is 0.476 e. The molecular weight excluding hydrogens is 222 g/mol. The van der Waals surface area contributed by atoms with Crippen LogP contribution in [0, 0.1) is 19.3 Å². The summed E-state index contributed by atoms with van der Waals surface area (Å²) in [5.41, 5.74) is 3.52. The van der Waals surface area contributed by atoms with Gasteiger partial charge in [-0.3, -0.25) is 0 Å². The molecule has 98 valence electrons. The van der Waals surface area contributed by atoms with Crippen LogP contribution < -0.4 is 5.32 Å². The molecule has 1 aliphatic heterocycles. The Labute approximate surface area is 110 Å². The molecular formula is C16H23NO. The average Bonchev–Trinajstić information content (AvgIpc) is 2.20. The van der Waals surface area contributed by atoms with E-state index in [1.165, 1.54) is 11.1 Å². The van der Waals surface area contributed by atoms with Gasteiger partial charge in [0.25, 0.3) is 0 Å². The zero-order chi connectivity index (χ0) is 13.4. The van der Waals surface area contributed by atoms with E-state index in [-0.39, 0.29) is 11.1 Å². The fourth-order valence-corrected chi connectivity index (χ4v) is 2.65. The molecule has 0 aliphatic carbocycles. The van der Waals surface area contributed by atoms with Crippen molar-refractivity contribution in [2.24, 2.45) is 5.41 Å². The van der Waals surface area contributed by atoms with E-state index in [0.29, 0.717) is 0 Å². The van der Waals surface area contributed by atoms with Crippen LogP contribution in [0.2, 0.25) is 0 Å². The molecule has 1 atom stereocenters. The third-order valence-corrected chi connectivity index (χ3v) is 3.42. The van der Waals surface area contributed by atoms with Crippen molar-refractivity contribution in [3.05, 3.63) is 41.7 Å². The minimum atomic E-state index is -0.335. The Hall–Kier alpha value is -1.44. The van der Waals surface area contributed by atoms with E-state index >= 15 is 0 Å². The molecule has 0 amide bonds. The van der Waals surface area contributed by atoms with E-state index in [2.05, 4.69) is 64.2 Å². The molecule has 0 fully saturated rings.